The van der Waals surface area contributed by atoms with Crippen molar-refractivity contribution in [2.24, 2.45) is 0 Å². The third kappa shape index (κ3) is 5.49. The highest BCUT2D eigenvalue weighted by Gasteiger charge is 2.31. The maximum Gasteiger partial charge on any atom is 0.344 e. The minimum Gasteiger partial charge on any atom is -0.490 e. The summed E-state index contributed by atoms with van der Waals surface area (Å²) >= 11 is 7.22. The maximum atomic E-state index is 12.9. The quantitative estimate of drug-likeness (QED) is 0.543. The Morgan fingerprint density at radius 2 is 1.91 bits per heavy atom. The normalized spacial score (nSPS) is 15.3. The minimum atomic E-state index is -4.08. The highest BCUT2D eigenvalue weighted by Crippen LogP contribution is 2.30. The lowest BCUT2D eigenvalue weighted by Gasteiger charge is -2.29. The van der Waals surface area contributed by atoms with Gasteiger partial charge in [-0.1, -0.05) is 35.1 Å². The second kappa shape index (κ2) is 9.87. The summed E-state index contributed by atoms with van der Waals surface area (Å²) in [6.45, 7) is 1.82. The highest BCUT2D eigenvalue weighted by molar-refractivity contribution is 7.93. The van der Waals surface area contributed by atoms with E-state index in [4.69, 9.17) is 16.3 Å². The Bertz CT molecular complexity index is 1300. The minimum absolute atomic E-state index is 0.00167. The Morgan fingerprint density at radius 3 is 2.59 bits per heavy atom. The van der Waals surface area contributed by atoms with Crippen molar-refractivity contribution in [3.63, 3.8) is 0 Å². The molecule has 1 aliphatic heterocycles. The fourth-order valence-corrected chi connectivity index (χ4v) is 5.85. The van der Waals surface area contributed by atoms with Crippen molar-refractivity contribution in [1.29, 1.82) is 0 Å². The van der Waals surface area contributed by atoms with Crippen molar-refractivity contribution < 1.29 is 22.7 Å². The van der Waals surface area contributed by atoms with Gasteiger partial charge in [0.25, 0.3) is 5.91 Å². The number of carbonyl (C=O) groups excluding carboxylic acids is 2. The molecule has 0 bridgehead atoms. The molecule has 1 saturated heterocycles. The predicted molar refractivity (Wildman–Crippen MR) is 132 cm³/mol. The number of thiazole rings is 1. The van der Waals surface area contributed by atoms with Crippen LogP contribution in [-0.2, 0) is 10.0 Å². The van der Waals surface area contributed by atoms with E-state index in [1.807, 2.05) is 7.05 Å². The second-order valence-corrected chi connectivity index (χ2v) is 11.3. The second-order valence-electron chi connectivity index (χ2n) is 8.01. The fourth-order valence-electron chi connectivity index (χ4n) is 3.59. The van der Waals surface area contributed by atoms with Gasteiger partial charge in [0, 0.05) is 13.1 Å². The van der Waals surface area contributed by atoms with Gasteiger partial charge in [-0.25, -0.2) is 18.2 Å². The Morgan fingerprint density at radius 1 is 1.21 bits per heavy atom. The lowest BCUT2D eigenvalue weighted by Crippen LogP contribution is -2.45. The van der Waals surface area contributed by atoms with Crippen LogP contribution in [0.3, 0.4) is 0 Å². The van der Waals surface area contributed by atoms with Gasteiger partial charge in [0.2, 0.25) is 15.2 Å². The summed E-state index contributed by atoms with van der Waals surface area (Å²) in [7, 11) is -2.03. The number of sulfonamides is 1. The zero-order chi connectivity index (χ0) is 24.5. The number of halogens is 1. The van der Waals surface area contributed by atoms with Crippen LogP contribution < -0.4 is 14.4 Å². The molecule has 4 rings (SSSR count). The number of ether oxygens (including phenoxy) is 1. The zero-order valence-electron chi connectivity index (χ0n) is 18.5. The third-order valence-electron chi connectivity index (χ3n) is 5.34. The van der Waals surface area contributed by atoms with E-state index < -0.39 is 22.0 Å². The van der Waals surface area contributed by atoms with E-state index in [1.165, 1.54) is 12.1 Å². The number of nitrogens with one attached hydrogen (secondary N) is 1. The molecule has 1 aromatic heterocycles. The SMILES string of the molecule is CN1CCC(Oc2ccc(Cl)c(C(=O)NC(=O)N(c3nc4ccccc4s3)S(C)(=O)=O)c2)CC1. The number of rotatable bonds is 5. The number of hydrogen-bond donors (Lipinski definition) is 1. The number of carbonyl (C=O) groups is 2. The van der Waals surface area contributed by atoms with E-state index in [0.29, 0.717) is 20.3 Å². The van der Waals surface area contributed by atoms with Crippen LogP contribution in [0, 0.1) is 0 Å². The summed E-state index contributed by atoms with van der Waals surface area (Å²) in [5.41, 5.74) is 0.537. The number of hydrogen-bond acceptors (Lipinski definition) is 8. The molecule has 2 aromatic carbocycles. The Balaban J connectivity index is 1.54. The van der Waals surface area contributed by atoms with Crippen LogP contribution in [0.4, 0.5) is 9.93 Å². The van der Waals surface area contributed by atoms with Gasteiger partial charge in [-0.3, -0.25) is 10.1 Å². The number of amides is 3. The summed E-state index contributed by atoms with van der Waals surface area (Å²) in [6, 6.07) is 10.5. The van der Waals surface area contributed by atoms with Gasteiger partial charge in [-0.2, -0.15) is 4.31 Å². The monoisotopic (exact) mass is 522 g/mol. The number of nitrogens with zero attached hydrogens (tertiary/aromatic N) is 3. The van der Waals surface area contributed by atoms with E-state index in [0.717, 1.165) is 43.5 Å². The van der Waals surface area contributed by atoms with Gasteiger partial charge in [-0.15, -0.1) is 0 Å². The van der Waals surface area contributed by atoms with Crippen LogP contribution in [0.15, 0.2) is 42.5 Å². The number of fused-ring (bicyclic) bond motifs is 1. The van der Waals surface area contributed by atoms with Crippen LogP contribution in [0.1, 0.15) is 23.2 Å². The molecule has 0 radical (unpaired) electrons. The number of benzene rings is 2. The average molecular weight is 523 g/mol. The Hall–Kier alpha value is -2.73. The molecule has 1 aliphatic rings. The zero-order valence-corrected chi connectivity index (χ0v) is 20.9. The smallest absolute Gasteiger partial charge is 0.344 e. The molecular weight excluding hydrogens is 500 g/mol. The lowest BCUT2D eigenvalue weighted by atomic mass is 10.1. The summed E-state index contributed by atoms with van der Waals surface area (Å²) < 4.78 is 32.0. The molecule has 1 N–H and O–H groups in total. The number of aromatic nitrogens is 1. The fraction of sp³-hybridized carbons (Fsp3) is 0.318. The maximum absolute atomic E-state index is 12.9. The van der Waals surface area contributed by atoms with Gasteiger partial charge < -0.3 is 9.64 Å². The number of anilines is 1. The lowest BCUT2D eigenvalue weighted by molar-refractivity contribution is 0.0963. The van der Waals surface area contributed by atoms with Crippen molar-refractivity contribution in [3.8, 4) is 5.75 Å². The summed E-state index contributed by atoms with van der Waals surface area (Å²) in [4.78, 5) is 32.2. The molecule has 12 heteroatoms. The van der Waals surface area contributed by atoms with E-state index in [2.05, 4.69) is 15.2 Å². The third-order valence-corrected chi connectivity index (χ3v) is 7.81. The van der Waals surface area contributed by atoms with Crippen LogP contribution in [0.25, 0.3) is 10.2 Å². The Labute approximate surface area is 206 Å². The Kier molecular flexibility index (Phi) is 7.08. The molecule has 180 valence electrons. The van der Waals surface area contributed by atoms with Gasteiger partial charge in [0.05, 0.1) is 27.1 Å². The van der Waals surface area contributed by atoms with Gasteiger partial charge >= 0.3 is 6.03 Å². The molecule has 0 unspecified atom stereocenters. The molecule has 0 atom stereocenters. The van der Waals surface area contributed by atoms with E-state index >= 15 is 0 Å². The topological polar surface area (TPSA) is 109 Å². The van der Waals surface area contributed by atoms with Crippen molar-refractivity contribution in [3.05, 3.63) is 53.1 Å². The van der Waals surface area contributed by atoms with Crippen LogP contribution >= 0.6 is 22.9 Å². The van der Waals surface area contributed by atoms with Gasteiger partial charge in [0.1, 0.15) is 11.9 Å². The number of para-hydroxylation sites is 1. The summed E-state index contributed by atoms with van der Waals surface area (Å²) in [6.07, 6.45) is 2.58. The largest absolute Gasteiger partial charge is 0.490 e. The molecule has 3 amide bonds. The summed E-state index contributed by atoms with van der Waals surface area (Å²) in [5, 5.41) is 2.15. The van der Waals surface area contributed by atoms with E-state index in [-0.39, 0.29) is 21.8 Å². The standard InChI is InChI=1S/C22H23ClN4O5S2/c1-26-11-9-14(10-12-26)32-15-7-8-17(23)16(13-15)20(28)25-21(29)27(34(2,30)31)22-24-18-5-3-4-6-19(18)33-22/h3-8,13-14H,9-12H2,1-2H3,(H,25,28,29). The first kappa shape index (κ1) is 24.4. The number of imide groups is 1. The first-order chi connectivity index (χ1) is 16.1. The molecule has 9 nitrogen and oxygen atoms in total. The van der Waals surface area contributed by atoms with Crippen molar-refractivity contribution >= 4 is 60.2 Å². The van der Waals surface area contributed by atoms with E-state index in [9.17, 15) is 18.0 Å². The molecule has 1 fully saturated rings. The first-order valence-electron chi connectivity index (χ1n) is 10.5. The highest BCUT2D eigenvalue weighted by atomic mass is 35.5. The molecule has 0 aliphatic carbocycles. The van der Waals surface area contributed by atoms with Crippen molar-refractivity contribution in [2.45, 2.75) is 18.9 Å². The molecule has 0 saturated carbocycles. The first-order valence-corrected chi connectivity index (χ1v) is 13.5. The van der Waals surface area contributed by atoms with Gasteiger partial charge in [-0.05, 0) is 50.2 Å². The van der Waals surface area contributed by atoms with Crippen LogP contribution in [-0.4, -0.2) is 62.7 Å². The molecule has 3 aromatic rings. The molecular formula is C22H23ClN4O5S2. The van der Waals surface area contributed by atoms with Crippen LogP contribution in [0.2, 0.25) is 5.02 Å². The number of urea groups is 1. The molecule has 0 spiro atoms. The number of likely N-dealkylation sites (tertiary alicyclic amines) is 1. The average Bonchev–Trinajstić information content (AvgIpc) is 3.18. The van der Waals surface area contributed by atoms with Crippen molar-refractivity contribution in [2.75, 3.05) is 30.7 Å². The van der Waals surface area contributed by atoms with Crippen LogP contribution in [0.5, 0.6) is 5.75 Å². The summed E-state index contributed by atoms with van der Waals surface area (Å²) in [5.74, 6) is -0.402. The molecule has 2 heterocycles. The van der Waals surface area contributed by atoms with Gasteiger partial charge in [0.15, 0.2) is 0 Å². The number of piperidine rings is 1. The predicted octanol–water partition coefficient (Wildman–Crippen LogP) is 3.74. The van der Waals surface area contributed by atoms with E-state index in [1.54, 1.807) is 30.3 Å². The molecule has 34 heavy (non-hydrogen) atoms. The van der Waals surface area contributed by atoms with Crippen molar-refractivity contribution in [1.82, 2.24) is 15.2 Å².